The molecule has 3 aromatic rings. The number of aldehydes is 1. The molecule has 0 atom stereocenters. The second-order valence-electron chi connectivity index (χ2n) is 4.99. The van der Waals surface area contributed by atoms with E-state index < -0.39 is 0 Å². The van der Waals surface area contributed by atoms with Crippen molar-refractivity contribution in [2.24, 2.45) is 0 Å². The van der Waals surface area contributed by atoms with Crippen molar-refractivity contribution in [2.45, 2.75) is 0 Å². The summed E-state index contributed by atoms with van der Waals surface area (Å²) in [4.78, 5) is 38.9. The molecule has 3 rings (SSSR count). The molecule has 1 N–H and O–H groups in total. The van der Waals surface area contributed by atoms with E-state index in [1.165, 1.54) is 29.1 Å². The largest absolute Gasteiger partial charge is 0.320 e. The molecule has 0 spiro atoms. The number of pyridine rings is 2. The smallest absolute Gasteiger partial charge is 0.255 e. The van der Waals surface area contributed by atoms with Gasteiger partial charge in [-0.15, -0.1) is 0 Å². The van der Waals surface area contributed by atoms with Crippen LogP contribution in [0.2, 0.25) is 0 Å². The Labute approximate surface area is 137 Å². The molecule has 0 aliphatic rings. The number of hydrogen-bond donors (Lipinski definition) is 1. The number of anilines is 1. The first-order valence-corrected chi connectivity index (χ1v) is 7.18. The Bertz CT molecular complexity index is 946. The van der Waals surface area contributed by atoms with Gasteiger partial charge in [-0.1, -0.05) is 6.07 Å². The van der Waals surface area contributed by atoms with Crippen LogP contribution in [-0.4, -0.2) is 21.7 Å². The van der Waals surface area contributed by atoms with E-state index in [0.717, 1.165) is 0 Å². The van der Waals surface area contributed by atoms with Crippen molar-refractivity contribution in [3.05, 3.63) is 88.6 Å². The van der Waals surface area contributed by atoms with Gasteiger partial charge in [-0.2, -0.15) is 0 Å². The van der Waals surface area contributed by atoms with Crippen molar-refractivity contribution in [3.8, 4) is 5.69 Å². The monoisotopic (exact) mass is 319 g/mol. The zero-order valence-electron chi connectivity index (χ0n) is 12.5. The first kappa shape index (κ1) is 15.4. The fourth-order valence-corrected chi connectivity index (χ4v) is 2.22. The summed E-state index contributed by atoms with van der Waals surface area (Å²) >= 11 is 0. The van der Waals surface area contributed by atoms with E-state index in [1.54, 1.807) is 42.6 Å². The second kappa shape index (κ2) is 6.70. The van der Waals surface area contributed by atoms with Crippen LogP contribution >= 0.6 is 0 Å². The van der Waals surface area contributed by atoms with Gasteiger partial charge in [0.1, 0.15) is 0 Å². The predicted molar refractivity (Wildman–Crippen MR) is 89.6 cm³/mol. The van der Waals surface area contributed by atoms with Crippen molar-refractivity contribution in [2.75, 3.05) is 5.32 Å². The summed E-state index contributed by atoms with van der Waals surface area (Å²) in [5.74, 6) is -0.363. The van der Waals surface area contributed by atoms with E-state index in [9.17, 15) is 14.4 Å². The van der Waals surface area contributed by atoms with Gasteiger partial charge in [0.15, 0.2) is 6.29 Å². The van der Waals surface area contributed by atoms with E-state index in [-0.39, 0.29) is 11.5 Å². The van der Waals surface area contributed by atoms with Gasteiger partial charge in [-0.3, -0.25) is 23.9 Å². The Morgan fingerprint density at radius 3 is 2.58 bits per heavy atom. The molecular formula is C18H13N3O3. The third-order valence-corrected chi connectivity index (χ3v) is 3.46. The van der Waals surface area contributed by atoms with Crippen molar-refractivity contribution in [1.82, 2.24) is 9.55 Å². The average Bonchev–Trinajstić information content (AvgIpc) is 2.63. The van der Waals surface area contributed by atoms with Gasteiger partial charge in [0.25, 0.3) is 11.5 Å². The van der Waals surface area contributed by atoms with Crippen LogP contribution in [0.4, 0.5) is 5.69 Å². The molecular weight excluding hydrogens is 306 g/mol. The van der Waals surface area contributed by atoms with Gasteiger partial charge in [-0.05, 0) is 36.4 Å². The molecule has 0 aliphatic heterocycles. The third kappa shape index (κ3) is 3.12. The molecule has 6 nitrogen and oxygen atoms in total. The van der Waals surface area contributed by atoms with E-state index in [2.05, 4.69) is 10.3 Å². The quantitative estimate of drug-likeness (QED) is 0.748. The lowest BCUT2D eigenvalue weighted by Gasteiger charge is -2.08. The van der Waals surface area contributed by atoms with Crippen LogP contribution < -0.4 is 10.9 Å². The highest BCUT2D eigenvalue weighted by atomic mass is 16.2. The van der Waals surface area contributed by atoms with Crippen LogP contribution in [0, 0.1) is 0 Å². The number of aromatic nitrogens is 2. The molecule has 6 heteroatoms. The molecule has 24 heavy (non-hydrogen) atoms. The molecule has 0 unspecified atom stereocenters. The average molecular weight is 319 g/mol. The molecule has 0 radical (unpaired) electrons. The highest BCUT2D eigenvalue weighted by Gasteiger charge is 2.09. The highest BCUT2D eigenvalue weighted by molar-refractivity contribution is 6.06. The van der Waals surface area contributed by atoms with Gasteiger partial charge in [0, 0.05) is 35.3 Å². The molecule has 0 bridgehead atoms. The molecule has 1 aromatic carbocycles. The summed E-state index contributed by atoms with van der Waals surface area (Å²) < 4.78 is 1.48. The third-order valence-electron chi connectivity index (χ3n) is 3.46. The lowest BCUT2D eigenvalue weighted by molar-refractivity contribution is 0.102. The number of nitrogens with one attached hydrogen (secondary N) is 1. The van der Waals surface area contributed by atoms with Crippen molar-refractivity contribution < 1.29 is 9.59 Å². The van der Waals surface area contributed by atoms with E-state index >= 15 is 0 Å². The van der Waals surface area contributed by atoms with Crippen molar-refractivity contribution >= 4 is 17.9 Å². The lowest BCUT2D eigenvalue weighted by Crippen LogP contribution is -2.16. The van der Waals surface area contributed by atoms with E-state index in [0.29, 0.717) is 28.8 Å². The Morgan fingerprint density at radius 2 is 1.88 bits per heavy atom. The van der Waals surface area contributed by atoms with E-state index in [1.807, 2.05) is 0 Å². The number of carbonyl (C=O) groups excluding carboxylic acids is 2. The highest BCUT2D eigenvalue weighted by Crippen LogP contribution is 2.14. The molecule has 0 saturated carbocycles. The molecule has 0 fully saturated rings. The molecule has 2 heterocycles. The maximum absolute atomic E-state index is 12.3. The number of hydrogen-bond acceptors (Lipinski definition) is 4. The zero-order valence-corrected chi connectivity index (χ0v) is 12.5. The van der Waals surface area contributed by atoms with Crippen LogP contribution in [-0.2, 0) is 0 Å². The lowest BCUT2D eigenvalue weighted by atomic mass is 10.1. The Morgan fingerprint density at radius 1 is 1.08 bits per heavy atom. The van der Waals surface area contributed by atoms with Crippen molar-refractivity contribution in [3.63, 3.8) is 0 Å². The summed E-state index contributed by atoms with van der Waals surface area (Å²) in [7, 11) is 0. The fraction of sp³-hybridized carbons (Fsp3) is 0. The minimum Gasteiger partial charge on any atom is -0.320 e. The topological polar surface area (TPSA) is 81.1 Å². The van der Waals surface area contributed by atoms with E-state index in [4.69, 9.17) is 0 Å². The van der Waals surface area contributed by atoms with Crippen LogP contribution in [0.5, 0.6) is 0 Å². The van der Waals surface area contributed by atoms with Crippen LogP contribution in [0.1, 0.15) is 20.7 Å². The summed E-state index contributed by atoms with van der Waals surface area (Å²) in [6.45, 7) is 0. The number of rotatable bonds is 4. The normalized spacial score (nSPS) is 10.2. The SMILES string of the molecule is O=Cc1ccncc1NC(=O)c1ccc(-n2ccccc2=O)cc1. The Balaban J connectivity index is 1.83. The first-order chi connectivity index (χ1) is 11.7. The summed E-state index contributed by atoms with van der Waals surface area (Å²) in [5.41, 5.74) is 1.61. The number of benzene rings is 1. The van der Waals surface area contributed by atoms with Gasteiger partial charge >= 0.3 is 0 Å². The molecule has 118 valence electrons. The van der Waals surface area contributed by atoms with Gasteiger partial charge in [-0.25, -0.2) is 0 Å². The Hall–Kier alpha value is -3.54. The van der Waals surface area contributed by atoms with Crippen LogP contribution in [0.3, 0.4) is 0 Å². The van der Waals surface area contributed by atoms with Gasteiger partial charge in [0.2, 0.25) is 0 Å². The summed E-state index contributed by atoms with van der Waals surface area (Å²) in [5, 5.41) is 2.65. The number of carbonyl (C=O) groups is 2. The maximum atomic E-state index is 12.3. The second-order valence-corrected chi connectivity index (χ2v) is 4.99. The van der Waals surface area contributed by atoms with Crippen LogP contribution in [0.15, 0.2) is 71.9 Å². The summed E-state index contributed by atoms with van der Waals surface area (Å²) in [6, 6.07) is 13.0. The maximum Gasteiger partial charge on any atom is 0.255 e. The first-order valence-electron chi connectivity index (χ1n) is 7.18. The fourth-order valence-electron chi connectivity index (χ4n) is 2.22. The van der Waals surface area contributed by atoms with Crippen LogP contribution in [0.25, 0.3) is 5.69 Å². The summed E-state index contributed by atoms with van der Waals surface area (Å²) in [6.07, 6.45) is 5.21. The predicted octanol–water partition coefficient (Wildman–Crippen LogP) is 2.30. The number of nitrogens with zero attached hydrogens (tertiary/aromatic N) is 2. The standard InChI is InChI=1S/C18H13N3O3/c22-12-14-8-9-19-11-16(14)20-18(24)13-4-6-15(7-5-13)21-10-2-1-3-17(21)23/h1-12H,(H,20,24). The molecule has 2 aromatic heterocycles. The van der Waals surface area contributed by atoms with Gasteiger partial charge < -0.3 is 5.32 Å². The number of amides is 1. The minimum atomic E-state index is -0.363. The molecule has 0 saturated heterocycles. The molecule has 0 aliphatic carbocycles. The van der Waals surface area contributed by atoms with Gasteiger partial charge in [0.05, 0.1) is 11.9 Å². The molecule has 1 amide bonds. The van der Waals surface area contributed by atoms with Crippen molar-refractivity contribution in [1.29, 1.82) is 0 Å². The zero-order chi connectivity index (χ0) is 16.9. The minimum absolute atomic E-state index is 0.152. The Kier molecular flexibility index (Phi) is 4.29.